The standard InChI is InChI=1S/C19H24BrN5O3/c1-18(2,3)28-17(27)24-6-4-19(5-7-24)9-10-8-11(10)13-12(19)14(26)25-16(21-13)22-15(20)23-25/h10-11H,4-9H2,1-3H3,(H,21,22,23). The molecule has 1 saturated heterocycles. The summed E-state index contributed by atoms with van der Waals surface area (Å²) in [7, 11) is 0. The van der Waals surface area contributed by atoms with Crippen LogP contribution in [0.5, 0.6) is 0 Å². The van der Waals surface area contributed by atoms with E-state index in [0.29, 0.717) is 35.4 Å². The lowest BCUT2D eigenvalue weighted by atomic mass is 9.66. The number of aromatic nitrogens is 4. The van der Waals surface area contributed by atoms with Crippen LogP contribution < -0.4 is 5.56 Å². The number of piperidine rings is 1. The van der Waals surface area contributed by atoms with E-state index in [2.05, 4.69) is 26.0 Å². The molecule has 1 aliphatic heterocycles. The van der Waals surface area contributed by atoms with Gasteiger partial charge < -0.3 is 9.64 Å². The third kappa shape index (κ3) is 2.77. The second-order valence-electron chi connectivity index (χ2n) is 9.38. The van der Waals surface area contributed by atoms with E-state index in [1.165, 1.54) is 4.52 Å². The first kappa shape index (κ1) is 18.1. The van der Waals surface area contributed by atoms with Gasteiger partial charge in [-0.3, -0.25) is 9.89 Å². The molecule has 3 aliphatic rings. The summed E-state index contributed by atoms with van der Waals surface area (Å²) in [5.74, 6) is 1.40. The minimum atomic E-state index is -0.507. The van der Waals surface area contributed by atoms with Gasteiger partial charge in [-0.25, -0.2) is 9.78 Å². The average molecular weight is 450 g/mol. The van der Waals surface area contributed by atoms with Crippen LogP contribution in [-0.4, -0.2) is 49.3 Å². The number of nitrogens with zero attached hydrogens (tertiary/aromatic N) is 4. The number of aromatic amines is 1. The normalized spacial score (nSPS) is 25.5. The van der Waals surface area contributed by atoms with Gasteiger partial charge in [-0.05, 0) is 68.3 Å². The highest BCUT2D eigenvalue weighted by Crippen LogP contribution is 2.60. The molecule has 2 unspecified atom stereocenters. The number of amides is 1. The Morgan fingerprint density at radius 3 is 2.68 bits per heavy atom. The molecule has 0 radical (unpaired) electrons. The number of rotatable bonds is 0. The molecule has 2 fully saturated rings. The van der Waals surface area contributed by atoms with Crippen molar-refractivity contribution in [3.8, 4) is 0 Å². The molecule has 1 spiro atoms. The predicted octanol–water partition coefficient (Wildman–Crippen LogP) is 2.96. The van der Waals surface area contributed by atoms with Crippen molar-refractivity contribution < 1.29 is 9.53 Å². The molecule has 150 valence electrons. The molecular formula is C19H24BrN5O3. The van der Waals surface area contributed by atoms with Gasteiger partial charge in [0.05, 0.1) is 5.69 Å². The van der Waals surface area contributed by atoms with Gasteiger partial charge in [-0.1, -0.05) is 0 Å². The molecule has 5 rings (SSSR count). The van der Waals surface area contributed by atoms with Gasteiger partial charge in [0, 0.05) is 30.0 Å². The zero-order valence-electron chi connectivity index (χ0n) is 16.3. The van der Waals surface area contributed by atoms with Crippen molar-refractivity contribution in [2.24, 2.45) is 5.92 Å². The molecule has 1 amide bonds. The third-order valence-electron chi connectivity index (χ3n) is 6.33. The minimum Gasteiger partial charge on any atom is -0.444 e. The van der Waals surface area contributed by atoms with Crippen molar-refractivity contribution in [2.75, 3.05) is 13.1 Å². The largest absolute Gasteiger partial charge is 0.444 e. The zero-order chi connectivity index (χ0) is 19.8. The van der Waals surface area contributed by atoms with Gasteiger partial charge >= 0.3 is 6.09 Å². The Morgan fingerprint density at radius 2 is 2.00 bits per heavy atom. The maximum atomic E-state index is 13.4. The summed E-state index contributed by atoms with van der Waals surface area (Å²) < 4.78 is 7.46. The zero-order valence-corrected chi connectivity index (χ0v) is 17.9. The highest BCUT2D eigenvalue weighted by molar-refractivity contribution is 9.10. The Bertz CT molecular complexity index is 1030. The smallest absolute Gasteiger partial charge is 0.410 e. The van der Waals surface area contributed by atoms with Crippen molar-refractivity contribution >= 4 is 27.8 Å². The first-order valence-corrected chi connectivity index (χ1v) is 10.6. The van der Waals surface area contributed by atoms with Gasteiger partial charge in [0.25, 0.3) is 11.3 Å². The first-order chi connectivity index (χ1) is 13.2. The number of halogens is 1. The van der Waals surface area contributed by atoms with Crippen molar-refractivity contribution in [2.45, 2.75) is 63.4 Å². The summed E-state index contributed by atoms with van der Waals surface area (Å²) in [6, 6.07) is 0. The number of likely N-dealkylation sites (tertiary alicyclic amines) is 1. The molecule has 3 heterocycles. The predicted molar refractivity (Wildman–Crippen MR) is 105 cm³/mol. The van der Waals surface area contributed by atoms with Crippen molar-refractivity contribution in [3.63, 3.8) is 0 Å². The minimum absolute atomic E-state index is 0.0470. The molecule has 0 bridgehead atoms. The van der Waals surface area contributed by atoms with Crippen LogP contribution in [-0.2, 0) is 10.2 Å². The number of H-pyrrole nitrogens is 1. The maximum Gasteiger partial charge on any atom is 0.410 e. The molecule has 9 heteroatoms. The van der Waals surface area contributed by atoms with Crippen molar-refractivity contribution in [3.05, 3.63) is 26.3 Å². The van der Waals surface area contributed by atoms with Crippen LogP contribution in [0.4, 0.5) is 4.79 Å². The van der Waals surface area contributed by atoms with E-state index in [9.17, 15) is 9.59 Å². The lowest BCUT2D eigenvalue weighted by Gasteiger charge is -2.44. The number of nitrogens with one attached hydrogen (secondary N) is 1. The summed E-state index contributed by atoms with van der Waals surface area (Å²) in [6.07, 6.45) is 3.36. The molecule has 0 aromatic carbocycles. The second kappa shape index (κ2) is 5.81. The highest BCUT2D eigenvalue weighted by atomic mass is 79.9. The van der Waals surface area contributed by atoms with Gasteiger partial charge in [0.2, 0.25) is 0 Å². The molecule has 2 aromatic heterocycles. The van der Waals surface area contributed by atoms with E-state index in [-0.39, 0.29) is 17.1 Å². The number of hydrogen-bond donors (Lipinski definition) is 1. The van der Waals surface area contributed by atoms with E-state index < -0.39 is 5.60 Å². The molecular weight excluding hydrogens is 426 g/mol. The molecule has 2 atom stereocenters. The van der Waals surface area contributed by atoms with Crippen molar-refractivity contribution in [1.82, 2.24) is 24.5 Å². The lowest BCUT2D eigenvalue weighted by molar-refractivity contribution is 0.0151. The third-order valence-corrected chi connectivity index (χ3v) is 6.68. The monoisotopic (exact) mass is 449 g/mol. The lowest BCUT2D eigenvalue weighted by Crippen LogP contribution is -2.50. The molecule has 28 heavy (non-hydrogen) atoms. The van der Waals surface area contributed by atoms with Crippen LogP contribution in [0.15, 0.2) is 9.53 Å². The quantitative estimate of drug-likeness (QED) is 0.667. The van der Waals surface area contributed by atoms with Crippen LogP contribution in [0.25, 0.3) is 5.78 Å². The summed E-state index contributed by atoms with van der Waals surface area (Å²) in [4.78, 5) is 36.6. The van der Waals surface area contributed by atoms with E-state index in [1.54, 1.807) is 4.90 Å². The van der Waals surface area contributed by atoms with Gasteiger partial charge in [-0.15, -0.1) is 0 Å². The van der Waals surface area contributed by atoms with Crippen LogP contribution >= 0.6 is 15.9 Å². The fourth-order valence-electron chi connectivity index (χ4n) is 4.98. The van der Waals surface area contributed by atoms with Crippen LogP contribution in [0, 0.1) is 5.92 Å². The van der Waals surface area contributed by atoms with Crippen molar-refractivity contribution in [1.29, 1.82) is 0 Å². The molecule has 2 aliphatic carbocycles. The fraction of sp³-hybridized carbons (Fsp3) is 0.684. The Kier molecular flexibility index (Phi) is 3.76. The first-order valence-electron chi connectivity index (χ1n) is 9.83. The molecule has 1 saturated carbocycles. The van der Waals surface area contributed by atoms with Crippen LogP contribution in [0.2, 0.25) is 0 Å². The average Bonchev–Trinajstić information content (AvgIpc) is 3.26. The number of fused-ring (bicyclic) bond motifs is 5. The van der Waals surface area contributed by atoms with Gasteiger partial charge in [-0.2, -0.15) is 9.50 Å². The van der Waals surface area contributed by atoms with Gasteiger partial charge in [0.1, 0.15) is 5.60 Å². The molecule has 1 N–H and O–H groups in total. The van der Waals surface area contributed by atoms with E-state index in [4.69, 9.17) is 9.72 Å². The summed E-state index contributed by atoms with van der Waals surface area (Å²) in [5, 5.41) is 2.94. The molecule has 8 nitrogen and oxygen atoms in total. The SMILES string of the molecule is CC(C)(C)OC(=O)N1CCC2(CC1)CC1CC1c1nc3nc(Br)[nH]n3c(=O)c12. The Morgan fingerprint density at radius 1 is 1.29 bits per heavy atom. The van der Waals surface area contributed by atoms with E-state index in [1.807, 2.05) is 20.8 Å². The van der Waals surface area contributed by atoms with Crippen LogP contribution in [0.1, 0.15) is 63.6 Å². The topological polar surface area (TPSA) is 92.6 Å². The number of ether oxygens (including phenoxy) is 1. The fourth-order valence-corrected chi connectivity index (χ4v) is 5.32. The van der Waals surface area contributed by atoms with Crippen LogP contribution in [0.3, 0.4) is 0 Å². The number of carbonyl (C=O) groups excluding carboxylic acids is 1. The Hall–Kier alpha value is -1.90. The highest BCUT2D eigenvalue weighted by Gasteiger charge is 2.55. The summed E-state index contributed by atoms with van der Waals surface area (Å²) in [5.41, 5.74) is 1.01. The summed E-state index contributed by atoms with van der Waals surface area (Å²) >= 11 is 3.30. The van der Waals surface area contributed by atoms with Gasteiger partial charge in [0.15, 0.2) is 4.73 Å². The maximum absolute atomic E-state index is 13.4. The van der Waals surface area contributed by atoms with E-state index >= 15 is 0 Å². The second-order valence-corrected chi connectivity index (χ2v) is 10.1. The summed E-state index contributed by atoms with van der Waals surface area (Å²) in [6.45, 7) is 6.82. The Balaban J connectivity index is 1.49. The molecule has 2 aromatic rings. The number of carbonyl (C=O) groups is 1. The number of hydrogen-bond acceptors (Lipinski definition) is 5. The van der Waals surface area contributed by atoms with E-state index in [0.717, 1.165) is 36.9 Å². The Labute approximate surface area is 170 Å².